The summed E-state index contributed by atoms with van der Waals surface area (Å²) in [6, 6.07) is 11.9. The fraction of sp³-hybridized carbons (Fsp3) is 0.211. The molecular weight excluding hydrogens is 336 g/mol. The van der Waals surface area contributed by atoms with Gasteiger partial charge in [0.2, 0.25) is 12.7 Å². The van der Waals surface area contributed by atoms with Gasteiger partial charge in [-0.3, -0.25) is 19.3 Å². The third kappa shape index (κ3) is 2.88. The Morgan fingerprint density at radius 2 is 1.69 bits per heavy atom. The van der Waals surface area contributed by atoms with Crippen LogP contribution in [0.25, 0.3) is 0 Å². The van der Waals surface area contributed by atoms with Crippen LogP contribution in [0, 0.1) is 0 Å². The lowest BCUT2D eigenvalue weighted by molar-refractivity contribution is -0.116. The maximum absolute atomic E-state index is 12.3. The topological polar surface area (TPSA) is 84.9 Å². The first-order valence-electron chi connectivity index (χ1n) is 8.28. The molecule has 0 spiro atoms. The van der Waals surface area contributed by atoms with Crippen LogP contribution >= 0.6 is 0 Å². The highest BCUT2D eigenvalue weighted by molar-refractivity contribution is 6.21. The van der Waals surface area contributed by atoms with E-state index < -0.39 is 0 Å². The predicted octanol–water partition coefficient (Wildman–Crippen LogP) is 2.43. The molecule has 0 unspecified atom stereocenters. The fourth-order valence-electron chi connectivity index (χ4n) is 3.04. The Labute approximate surface area is 149 Å². The SMILES string of the molecule is O=C(CCCN1C(=O)c2ccccc2C1=O)Nc1ccc2c(c1)OCO2. The van der Waals surface area contributed by atoms with Gasteiger partial charge in [-0.1, -0.05) is 12.1 Å². The van der Waals surface area contributed by atoms with Crippen LogP contribution in [0.5, 0.6) is 11.5 Å². The van der Waals surface area contributed by atoms with Crippen molar-refractivity contribution in [1.82, 2.24) is 4.90 Å². The molecule has 0 radical (unpaired) electrons. The van der Waals surface area contributed by atoms with Crippen LogP contribution in [0.2, 0.25) is 0 Å². The molecule has 0 aromatic heterocycles. The van der Waals surface area contributed by atoms with Gasteiger partial charge in [0.05, 0.1) is 11.1 Å². The van der Waals surface area contributed by atoms with Crippen LogP contribution in [-0.2, 0) is 4.79 Å². The molecule has 2 aliphatic rings. The number of carbonyl (C=O) groups excluding carboxylic acids is 3. The quantitative estimate of drug-likeness (QED) is 0.836. The monoisotopic (exact) mass is 352 g/mol. The minimum absolute atomic E-state index is 0.174. The maximum atomic E-state index is 12.3. The molecule has 0 bridgehead atoms. The number of ether oxygens (including phenoxy) is 2. The normalized spacial score (nSPS) is 14.5. The van der Waals surface area contributed by atoms with Crippen LogP contribution in [0.1, 0.15) is 33.6 Å². The molecule has 7 heteroatoms. The number of benzene rings is 2. The second-order valence-electron chi connectivity index (χ2n) is 6.03. The molecule has 2 aliphatic heterocycles. The molecule has 132 valence electrons. The molecule has 7 nitrogen and oxygen atoms in total. The van der Waals surface area contributed by atoms with E-state index >= 15 is 0 Å². The highest BCUT2D eigenvalue weighted by Crippen LogP contribution is 2.34. The first kappa shape index (κ1) is 16.1. The van der Waals surface area contributed by atoms with E-state index in [0.29, 0.717) is 34.7 Å². The lowest BCUT2D eigenvalue weighted by atomic mass is 10.1. The van der Waals surface area contributed by atoms with E-state index in [4.69, 9.17) is 9.47 Å². The zero-order chi connectivity index (χ0) is 18.1. The number of anilines is 1. The molecule has 1 N–H and O–H groups in total. The van der Waals surface area contributed by atoms with Gasteiger partial charge in [0.1, 0.15) is 0 Å². The number of hydrogen-bond donors (Lipinski definition) is 1. The van der Waals surface area contributed by atoms with Crippen molar-refractivity contribution in [2.75, 3.05) is 18.7 Å². The Balaban J connectivity index is 1.31. The van der Waals surface area contributed by atoms with Crippen molar-refractivity contribution in [2.45, 2.75) is 12.8 Å². The van der Waals surface area contributed by atoms with Crippen LogP contribution in [-0.4, -0.2) is 36.0 Å². The average molecular weight is 352 g/mol. The van der Waals surface area contributed by atoms with Crippen molar-refractivity contribution < 1.29 is 23.9 Å². The van der Waals surface area contributed by atoms with E-state index in [2.05, 4.69) is 5.32 Å². The third-order valence-corrected chi connectivity index (χ3v) is 4.32. The minimum atomic E-state index is -0.304. The van der Waals surface area contributed by atoms with Crippen LogP contribution < -0.4 is 14.8 Å². The van der Waals surface area contributed by atoms with E-state index in [-0.39, 0.29) is 37.5 Å². The molecule has 2 heterocycles. The van der Waals surface area contributed by atoms with Crippen molar-refractivity contribution in [1.29, 1.82) is 0 Å². The van der Waals surface area contributed by atoms with Gasteiger partial charge in [0.25, 0.3) is 11.8 Å². The molecule has 26 heavy (non-hydrogen) atoms. The number of amides is 3. The number of fused-ring (bicyclic) bond motifs is 2. The van der Waals surface area contributed by atoms with Gasteiger partial charge in [-0.2, -0.15) is 0 Å². The summed E-state index contributed by atoms with van der Waals surface area (Å²) >= 11 is 0. The Morgan fingerprint density at radius 3 is 2.42 bits per heavy atom. The predicted molar refractivity (Wildman–Crippen MR) is 92.2 cm³/mol. The number of hydrogen-bond acceptors (Lipinski definition) is 5. The summed E-state index contributed by atoms with van der Waals surface area (Å²) < 4.78 is 10.5. The van der Waals surface area contributed by atoms with E-state index in [1.165, 1.54) is 4.90 Å². The van der Waals surface area contributed by atoms with Gasteiger partial charge in [-0.25, -0.2) is 0 Å². The first-order valence-corrected chi connectivity index (χ1v) is 8.28. The molecule has 3 amide bonds. The summed E-state index contributed by atoms with van der Waals surface area (Å²) in [7, 11) is 0. The van der Waals surface area contributed by atoms with Gasteiger partial charge in [-0.15, -0.1) is 0 Å². The summed E-state index contributed by atoms with van der Waals surface area (Å²) in [6.07, 6.45) is 0.587. The molecule has 4 rings (SSSR count). The second-order valence-corrected chi connectivity index (χ2v) is 6.03. The van der Waals surface area contributed by atoms with Gasteiger partial charge in [0, 0.05) is 24.7 Å². The minimum Gasteiger partial charge on any atom is -0.454 e. The van der Waals surface area contributed by atoms with Gasteiger partial charge in [0.15, 0.2) is 11.5 Å². The highest BCUT2D eigenvalue weighted by atomic mass is 16.7. The first-order chi connectivity index (χ1) is 12.6. The standard InChI is InChI=1S/C19H16N2O5/c22-17(20-12-7-8-15-16(10-12)26-11-25-15)6-3-9-21-18(23)13-4-1-2-5-14(13)19(21)24/h1-2,4-5,7-8,10H,3,6,9,11H2,(H,20,22). The van der Waals surface area contributed by atoms with Gasteiger partial charge >= 0.3 is 0 Å². The van der Waals surface area contributed by atoms with Crippen molar-refractivity contribution in [3.05, 3.63) is 53.6 Å². The summed E-state index contributed by atoms with van der Waals surface area (Å²) in [6.45, 7) is 0.383. The van der Waals surface area contributed by atoms with E-state index in [1.807, 2.05) is 0 Å². The number of nitrogens with zero attached hydrogens (tertiary/aromatic N) is 1. The summed E-state index contributed by atoms with van der Waals surface area (Å²) in [4.78, 5) is 37.8. The Morgan fingerprint density at radius 1 is 1.00 bits per heavy atom. The fourth-order valence-corrected chi connectivity index (χ4v) is 3.04. The molecule has 0 fully saturated rings. The molecule has 0 saturated carbocycles. The molecule has 2 aromatic rings. The van der Waals surface area contributed by atoms with Crippen LogP contribution in [0.4, 0.5) is 5.69 Å². The maximum Gasteiger partial charge on any atom is 0.261 e. The Hall–Kier alpha value is -3.35. The number of rotatable bonds is 5. The Bertz CT molecular complexity index is 874. The van der Waals surface area contributed by atoms with Crippen molar-refractivity contribution in [3.63, 3.8) is 0 Å². The molecule has 0 saturated heterocycles. The van der Waals surface area contributed by atoms with Gasteiger partial charge < -0.3 is 14.8 Å². The summed E-state index contributed by atoms with van der Waals surface area (Å²) in [5.41, 5.74) is 1.45. The van der Waals surface area contributed by atoms with Crippen molar-refractivity contribution in [2.24, 2.45) is 0 Å². The van der Waals surface area contributed by atoms with E-state index in [0.717, 1.165) is 0 Å². The number of imide groups is 1. The Kier molecular flexibility index (Phi) is 4.04. The van der Waals surface area contributed by atoms with Gasteiger partial charge in [-0.05, 0) is 30.7 Å². The zero-order valence-corrected chi connectivity index (χ0v) is 13.9. The summed E-state index contributed by atoms with van der Waals surface area (Å²) in [5, 5.41) is 2.77. The second kappa shape index (κ2) is 6.51. The largest absolute Gasteiger partial charge is 0.454 e. The zero-order valence-electron chi connectivity index (χ0n) is 13.9. The molecule has 0 aliphatic carbocycles. The molecule has 2 aromatic carbocycles. The number of nitrogens with one attached hydrogen (secondary N) is 1. The third-order valence-electron chi connectivity index (χ3n) is 4.32. The van der Waals surface area contributed by atoms with Crippen molar-refractivity contribution >= 4 is 23.4 Å². The molecule has 0 atom stereocenters. The van der Waals surface area contributed by atoms with E-state index in [9.17, 15) is 14.4 Å². The number of carbonyl (C=O) groups is 3. The highest BCUT2D eigenvalue weighted by Gasteiger charge is 2.34. The smallest absolute Gasteiger partial charge is 0.261 e. The lowest BCUT2D eigenvalue weighted by Gasteiger charge is -2.13. The van der Waals surface area contributed by atoms with Crippen molar-refractivity contribution in [3.8, 4) is 11.5 Å². The average Bonchev–Trinajstić information content (AvgIpc) is 3.20. The summed E-state index contributed by atoms with van der Waals surface area (Å²) in [5.74, 6) is 0.437. The van der Waals surface area contributed by atoms with Crippen LogP contribution in [0.15, 0.2) is 42.5 Å². The molecular formula is C19H16N2O5. The lowest BCUT2D eigenvalue weighted by Crippen LogP contribution is -2.31. The van der Waals surface area contributed by atoms with Crippen LogP contribution in [0.3, 0.4) is 0 Å². The van der Waals surface area contributed by atoms with E-state index in [1.54, 1.807) is 42.5 Å².